The molecule has 0 spiro atoms. The first-order chi connectivity index (χ1) is 19.7. The molecule has 2 aromatic rings. The maximum atomic E-state index is 14.1. The Bertz CT molecular complexity index is 1310. The average molecular weight is 756 g/mol. The van der Waals surface area contributed by atoms with Crippen LogP contribution in [-0.4, -0.2) is 47.1 Å². The van der Waals surface area contributed by atoms with Crippen molar-refractivity contribution in [3.8, 4) is 0 Å². The third-order valence-corrected chi connectivity index (χ3v) is 11.7. The molecular weight excluding hydrogens is 727 g/mol. The summed E-state index contributed by atoms with van der Waals surface area (Å²) in [4.78, 5) is 0. The fraction of sp³-hybridized carbons (Fsp3) is 0.571. The van der Waals surface area contributed by atoms with Crippen molar-refractivity contribution < 1.29 is 79.1 Å². The molecule has 4 fully saturated rings. The van der Waals surface area contributed by atoms with Gasteiger partial charge in [-0.25, -0.2) is 13.2 Å². The molecule has 6 rings (SSSR count). The van der Waals surface area contributed by atoms with Crippen LogP contribution in [0, 0.1) is 24.4 Å². The number of alkyl halides is 8. The number of aliphatic hydroxyl groups is 1. The van der Waals surface area contributed by atoms with Crippen molar-refractivity contribution in [3.63, 3.8) is 0 Å². The Kier molecular flexibility index (Phi) is 9.57. The molecule has 0 saturated heterocycles. The average Bonchev–Trinajstić information content (AvgIpc) is 2.86. The molecule has 1 N–H and O–H groups in total. The van der Waals surface area contributed by atoms with Gasteiger partial charge in [-0.05, 0) is 86.5 Å². The van der Waals surface area contributed by atoms with Gasteiger partial charge >= 0.3 is 44.6 Å². The second-order valence-corrected chi connectivity index (χ2v) is 16.1. The van der Waals surface area contributed by atoms with E-state index >= 15 is 0 Å². The number of hydrogen-bond donors (Lipinski definition) is 1. The first-order valence-corrected chi connectivity index (χ1v) is 16.9. The fourth-order valence-electron chi connectivity index (χ4n) is 6.78. The highest BCUT2D eigenvalue weighted by Crippen LogP contribution is 2.64. The standard InChI is InChI=1S/C16H20F8O5S.C12H10I/c17-13(18,14(19,20)29-15(21,22)16(23,24)30(26,27)28)2-1-11-4-9-3-10(5-11)7-12(25,6-9)8-11;1-3-7-11(8-4-1)13-12-9-5-2-6-10-12/h9-10,25H,1-8H2,(H,26,27,28);1-10H/q;+1/p-1. The Morgan fingerprint density at radius 2 is 1.28 bits per heavy atom. The van der Waals surface area contributed by atoms with Crippen molar-refractivity contribution in [2.24, 2.45) is 17.3 Å². The molecule has 5 nitrogen and oxygen atoms in total. The van der Waals surface area contributed by atoms with E-state index in [1.165, 1.54) is 7.14 Å². The molecule has 0 heterocycles. The summed E-state index contributed by atoms with van der Waals surface area (Å²) < 4.78 is 144. The minimum atomic E-state index is -7.19. The number of ether oxygens (including phenoxy) is 1. The topological polar surface area (TPSA) is 86.7 Å². The van der Waals surface area contributed by atoms with E-state index in [4.69, 9.17) is 0 Å². The van der Waals surface area contributed by atoms with E-state index in [9.17, 15) is 53.2 Å². The van der Waals surface area contributed by atoms with E-state index in [1.54, 1.807) is 0 Å². The Balaban J connectivity index is 0.000000269. The summed E-state index contributed by atoms with van der Waals surface area (Å²) in [6.07, 6.45) is -12.7. The van der Waals surface area contributed by atoms with E-state index < -0.39 is 57.4 Å². The van der Waals surface area contributed by atoms with Crippen molar-refractivity contribution in [3.05, 3.63) is 67.8 Å². The molecule has 0 aromatic heterocycles. The quantitative estimate of drug-likeness (QED) is 0.226. The molecule has 0 aliphatic heterocycles. The lowest BCUT2D eigenvalue weighted by Crippen LogP contribution is -3.61. The van der Waals surface area contributed by atoms with Gasteiger partial charge in [0.15, 0.2) is 17.3 Å². The van der Waals surface area contributed by atoms with Gasteiger partial charge in [-0.1, -0.05) is 36.4 Å². The van der Waals surface area contributed by atoms with E-state index in [2.05, 4.69) is 65.4 Å². The minimum Gasteiger partial charge on any atom is -0.743 e. The summed E-state index contributed by atoms with van der Waals surface area (Å²) in [7, 11) is -7.19. The summed E-state index contributed by atoms with van der Waals surface area (Å²) in [5, 5.41) is 3.85. The molecule has 2 unspecified atom stereocenters. The molecule has 2 aromatic carbocycles. The van der Waals surface area contributed by atoms with Crippen molar-refractivity contribution in [2.75, 3.05) is 0 Å². The molecule has 0 amide bonds. The maximum Gasteiger partial charge on any atom is 0.438 e. The van der Waals surface area contributed by atoms with Crippen LogP contribution >= 0.6 is 0 Å². The lowest BCUT2D eigenvalue weighted by Gasteiger charge is -2.60. The zero-order valence-electron chi connectivity index (χ0n) is 22.5. The Labute approximate surface area is 254 Å². The summed E-state index contributed by atoms with van der Waals surface area (Å²) in [6, 6.07) is 21.4. The number of hydrogen-bond acceptors (Lipinski definition) is 5. The predicted molar refractivity (Wildman–Crippen MR) is 132 cm³/mol. The fourth-order valence-corrected chi connectivity index (χ4v) is 9.39. The lowest BCUT2D eigenvalue weighted by molar-refractivity contribution is -0.597. The monoisotopic (exact) mass is 756 g/mol. The van der Waals surface area contributed by atoms with Gasteiger partial charge in [-0.2, -0.15) is 35.1 Å². The van der Waals surface area contributed by atoms with Crippen LogP contribution in [0.25, 0.3) is 0 Å². The Morgan fingerprint density at radius 1 is 0.814 bits per heavy atom. The van der Waals surface area contributed by atoms with Gasteiger partial charge < -0.3 is 9.66 Å². The molecule has 4 bridgehead atoms. The van der Waals surface area contributed by atoms with E-state index in [0.717, 1.165) is 6.42 Å². The molecule has 240 valence electrons. The van der Waals surface area contributed by atoms with Crippen molar-refractivity contribution in [1.82, 2.24) is 0 Å². The molecule has 0 radical (unpaired) electrons. The normalized spacial score (nSPS) is 27.5. The van der Waals surface area contributed by atoms with Crippen LogP contribution in [0.15, 0.2) is 60.7 Å². The summed E-state index contributed by atoms with van der Waals surface area (Å²) in [5.41, 5.74) is -2.01. The van der Waals surface area contributed by atoms with Crippen molar-refractivity contribution in [2.45, 2.75) is 80.4 Å². The van der Waals surface area contributed by atoms with Crippen LogP contribution in [0.5, 0.6) is 0 Å². The summed E-state index contributed by atoms with van der Waals surface area (Å²) in [5.74, 6) is -5.33. The van der Waals surface area contributed by atoms with Gasteiger partial charge in [0.25, 0.3) is 0 Å². The molecule has 2 atom stereocenters. The van der Waals surface area contributed by atoms with Crippen LogP contribution in [0.2, 0.25) is 0 Å². The molecule has 4 aliphatic carbocycles. The molecule has 4 aliphatic rings. The zero-order valence-corrected chi connectivity index (χ0v) is 25.4. The molecule has 4 saturated carbocycles. The largest absolute Gasteiger partial charge is 0.743 e. The highest BCUT2D eigenvalue weighted by Gasteiger charge is 2.71. The van der Waals surface area contributed by atoms with Crippen LogP contribution < -0.4 is 21.2 Å². The highest BCUT2D eigenvalue weighted by molar-refractivity contribution is 7.86. The van der Waals surface area contributed by atoms with Gasteiger partial charge in [0.1, 0.15) is 0 Å². The van der Waals surface area contributed by atoms with E-state index in [-0.39, 0.29) is 39.5 Å². The van der Waals surface area contributed by atoms with E-state index in [0.29, 0.717) is 25.7 Å². The van der Waals surface area contributed by atoms with Gasteiger partial charge in [0.05, 0.1) is 5.60 Å². The minimum absolute atomic E-state index is 0.0203. The maximum absolute atomic E-state index is 14.1. The van der Waals surface area contributed by atoms with Gasteiger partial charge in [-0.15, -0.1) is 0 Å². The third kappa shape index (κ3) is 7.64. The van der Waals surface area contributed by atoms with Crippen LogP contribution in [0.1, 0.15) is 51.4 Å². The molecular formula is C28H29F8IO5S. The van der Waals surface area contributed by atoms with Crippen LogP contribution in [-0.2, 0) is 14.9 Å². The van der Waals surface area contributed by atoms with Crippen LogP contribution in [0.3, 0.4) is 0 Å². The van der Waals surface area contributed by atoms with Gasteiger partial charge in [-0.3, -0.25) is 0 Å². The van der Waals surface area contributed by atoms with E-state index in [1.807, 2.05) is 0 Å². The second kappa shape index (κ2) is 12.0. The smallest absolute Gasteiger partial charge is 0.438 e. The SMILES string of the molecule is O=S(=O)([O-])C(F)(F)C(F)(F)OC(F)(F)C(F)(F)CCC12CC3CC(CC(O)(C3)C1)C2.c1ccc([I+]c2ccccc2)cc1. The van der Waals surface area contributed by atoms with Gasteiger partial charge in [0, 0.05) is 6.42 Å². The first-order valence-electron chi connectivity index (χ1n) is 13.3. The number of rotatable bonds is 10. The lowest BCUT2D eigenvalue weighted by atomic mass is 9.47. The predicted octanol–water partition coefficient (Wildman–Crippen LogP) is 3.89. The summed E-state index contributed by atoms with van der Waals surface area (Å²) in [6.45, 7) is 0. The highest BCUT2D eigenvalue weighted by atomic mass is 127. The molecule has 43 heavy (non-hydrogen) atoms. The third-order valence-electron chi connectivity index (χ3n) is 8.14. The second-order valence-electron chi connectivity index (χ2n) is 11.7. The number of halogens is 9. The summed E-state index contributed by atoms with van der Waals surface area (Å²) >= 11 is 0.0287. The van der Waals surface area contributed by atoms with Gasteiger partial charge in [0.2, 0.25) is 0 Å². The molecule has 15 heteroatoms. The van der Waals surface area contributed by atoms with Crippen molar-refractivity contribution >= 4 is 10.1 Å². The van der Waals surface area contributed by atoms with Crippen LogP contribution in [0.4, 0.5) is 35.1 Å². The number of benzene rings is 2. The Hall–Kier alpha value is -1.56. The van der Waals surface area contributed by atoms with Crippen molar-refractivity contribution in [1.29, 1.82) is 0 Å². The Morgan fingerprint density at radius 3 is 1.70 bits per heavy atom. The first kappa shape index (κ1) is 34.3. The zero-order chi connectivity index (χ0) is 32.0.